The summed E-state index contributed by atoms with van der Waals surface area (Å²) in [5.41, 5.74) is 0. The van der Waals surface area contributed by atoms with Gasteiger partial charge in [0.2, 0.25) is 5.91 Å². The van der Waals surface area contributed by atoms with Gasteiger partial charge in [-0.15, -0.1) is 0 Å². The lowest BCUT2D eigenvalue weighted by Gasteiger charge is -2.29. The van der Waals surface area contributed by atoms with Crippen LogP contribution in [0, 0.1) is 17.8 Å². The van der Waals surface area contributed by atoms with Gasteiger partial charge in [-0.3, -0.25) is 8.98 Å². The van der Waals surface area contributed by atoms with Crippen LogP contribution in [0.2, 0.25) is 0 Å². The van der Waals surface area contributed by atoms with E-state index in [2.05, 4.69) is 11.9 Å². The van der Waals surface area contributed by atoms with Crippen LogP contribution in [0.25, 0.3) is 0 Å². The Hall–Kier alpha value is -1.45. The predicted molar refractivity (Wildman–Crippen MR) is 82.2 cm³/mol. The van der Waals surface area contributed by atoms with Crippen molar-refractivity contribution in [2.45, 2.75) is 30.8 Å². The highest BCUT2D eigenvalue weighted by molar-refractivity contribution is 7.87. The van der Waals surface area contributed by atoms with Gasteiger partial charge in [0.05, 0.1) is 17.9 Å². The molecule has 8 nitrogen and oxygen atoms in total. The van der Waals surface area contributed by atoms with Crippen LogP contribution in [-0.2, 0) is 33.4 Å². The molecule has 2 aliphatic carbocycles. The topological polar surface area (TPSA) is 108 Å². The maximum Gasteiger partial charge on any atom is 0.330 e. The fourth-order valence-electron chi connectivity index (χ4n) is 4.20. The third kappa shape index (κ3) is 2.96. The van der Waals surface area contributed by atoms with Gasteiger partial charge < -0.3 is 14.8 Å². The summed E-state index contributed by atoms with van der Waals surface area (Å²) >= 11 is 0. The molecule has 2 bridgehead atoms. The van der Waals surface area contributed by atoms with E-state index in [1.165, 1.54) is 0 Å². The number of amides is 1. The Balaban J connectivity index is 1.45. The molecule has 24 heavy (non-hydrogen) atoms. The summed E-state index contributed by atoms with van der Waals surface area (Å²) in [6, 6.07) is 0. The lowest BCUT2D eigenvalue weighted by Crippen LogP contribution is -2.42. The van der Waals surface area contributed by atoms with Crippen LogP contribution in [0.3, 0.4) is 0 Å². The van der Waals surface area contributed by atoms with Gasteiger partial charge in [0.15, 0.2) is 0 Å². The summed E-state index contributed by atoms with van der Waals surface area (Å²) in [7, 11) is -3.52. The van der Waals surface area contributed by atoms with E-state index < -0.39 is 27.4 Å². The van der Waals surface area contributed by atoms with Gasteiger partial charge in [0.1, 0.15) is 19.3 Å². The second-order valence-electron chi connectivity index (χ2n) is 6.44. The minimum absolute atomic E-state index is 0.0230. The van der Waals surface area contributed by atoms with E-state index in [1.54, 1.807) is 0 Å². The predicted octanol–water partition coefficient (Wildman–Crippen LogP) is -0.400. The molecule has 6 unspecified atom stereocenters. The van der Waals surface area contributed by atoms with E-state index in [0.717, 1.165) is 12.5 Å². The molecule has 1 heterocycles. The number of rotatable bonds is 7. The molecule has 1 amide bonds. The Morgan fingerprint density at radius 2 is 2.12 bits per heavy atom. The van der Waals surface area contributed by atoms with E-state index in [0.29, 0.717) is 0 Å². The Labute approximate surface area is 140 Å². The maximum absolute atomic E-state index is 12.0. The van der Waals surface area contributed by atoms with Gasteiger partial charge >= 0.3 is 5.97 Å². The number of hydrogen-bond donors (Lipinski definition) is 1. The minimum Gasteiger partial charge on any atom is -0.461 e. The van der Waals surface area contributed by atoms with Crippen LogP contribution >= 0.6 is 0 Å². The van der Waals surface area contributed by atoms with E-state index in [4.69, 9.17) is 13.7 Å². The van der Waals surface area contributed by atoms with Crippen molar-refractivity contribution in [3.8, 4) is 0 Å². The zero-order valence-electron chi connectivity index (χ0n) is 13.3. The van der Waals surface area contributed by atoms with Gasteiger partial charge in [-0.1, -0.05) is 13.5 Å². The molecule has 9 heteroatoms. The first kappa shape index (κ1) is 17.4. The normalized spacial score (nSPS) is 38.0. The molecule has 0 aromatic rings. The molecule has 3 rings (SSSR count). The van der Waals surface area contributed by atoms with Crippen molar-refractivity contribution in [2.75, 3.05) is 19.8 Å². The van der Waals surface area contributed by atoms with Crippen LogP contribution < -0.4 is 5.32 Å². The lowest BCUT2D eigenvalue weighted by atomic mass is 9.86. The molecule has 134 valence electrons. The SMILES string of the molecule is C=CC(=O)OCCNC(=O)COC1C2CC3C1OS(=O)(=O)C3C2C. The summed E-state index contributed by atoms with van der Waals surface area (Å²) in [5, 5.41) is 2.14. The van der Waals surface area contributed by atoms with Crippen molar-refractivity contribution in [3.63, 3.8) is 0 Å². The number of fused-ring (bicyclic) bond motifs is 1. The number of hydrogen-bond acceptors (Lipinski definition) is 7. The second-order valence-corrected chi connectivity index (χ2v) is 8.16. The fourth-order valence-corrected chi connectivity index (χ4v) is 6.31. The van der Waals surface area contributed by atoms with Crippen LogP contribution in [-0.4, -0.2) is 57.5 Å². The Morgan fingerprint density at radius 3 is 2.83 bits per heavy atom. The number of esters is 1. The molecule has 2 saturated carbocycles. The molecule has 0 radical (unpaired) electrons. The van der Waals surface area contributed by atoms with Gasteiger partial charge in [0.25, 0.3) is 10.1 Å². The lowest BCUT2D eigenvalue weighted by molar-refractivity contribution is -0.139. The first-order valence-electron chi connectivity index (χ1n) is 7.94. The average Bonchev–Trinajstić information content (AvgIpc) is 3.10. The van der Waals surface area contributed by atoms with Crippen molar-refractivity contribution in [1.29, 1.82) is 0 Å². The van der Waals surface area contributed by atoms with Crippen molar-refractivity contribution < 1.29 is 31.7 Å². The standard InChI is InChI=1S/C15H21NO7S/c1-3-12(18)21-5-4-16-11(17)7-22-13-9-6-10-14(13)23-24(19,20)15(10)8(9)2/h3,8-10,13-15H,1,4-7H2,2H3,(H,16,17). The zero-order chi connectivity index (χ0) is 17.5. The summed E-state index contributed by atoms with van der Waals surface area (Å²) in [6.07, 6.45) is 0.967. The Bertz CT molecular complexity index is 646. The van der Waals surface area contributed by atoms with Gasteiger partial charge in [-0.05, 0) is 18.3 Å². The molecule has 1 N–H and O–H groups in total. The number of ether oxygens (including phenoxy) is 2. The quantitative estimate of drug-likeness (QED) is 0.285. The van der Waals surface area contributed by atoms with Gasteiger partial charge in [0, 0.05) is 12.0 Å². The molecular weight excluding hydrogens is 338 g/mol. The van der Waals surface area contributed by atoms with Crippen LogP contribution in [0.4, 0.5) is 0 Å². The van der Waals surface area contributed by atoms with Crippen LogP contribution in [0.15, 0.2) is 12.7 Å². The molecule has 1 aliphatic heterocycles. The van der Waals surface area contributed by atoms with Crippen molar-refractivity contribution in [2.24, 2.45) is 17.8 Å². The maximum atomic E-state index is 12.0. The van der Waals surface area contributed by atoms with E-state index in [9.17, 15) is 18.0 Å². The number of carbonyl (C=O) groups excluding carboxylic acids is 2. The molecule has 0 aromatic heterocycles. The molecule has 1 saturated heterocycles. The summed E-state index contributed by atoms with van der Waals surface area (Å²) in [4.78, 5) is 22.6. The highest BCUT2D eigenvalue weighted by Gasteiger charge is 2.67. The molecular formula is C15H21NO7S. The van der Waals surface area contributed by atoms with Gasteiger partial charge in [-0.2, -0.15) is 8.42 Å². The molecule has 0 spiro atoms. The van der Waals surface area contributed by atoms with E-state index in [1.807, 2.05) is 6.92 Å². The first-order chi connectivity index (χ1) is 11.3. The average molecular weight is 359 g/mol. The highest BCUT2D eigenvalue weighted by Crippen LogP contribution is 2.58. The third-order valence-corrected chi connectivity index (χ3v) is 7.08. The van der Waals surface area contributed by atoms with Crippen LogP contribution in [0.1, 0.15) is 13.3 Å². The second kappa shape index (κ2) is 6.45. The first-order valence-corrected chi connectivity index (χ1v) is 9.42. The van der Waals surface area contributed by atoms with E-state index in [-0.39, 0.29) is 49.5 Å². The molecule has 3 aliphatic rings. The smallest absolute Gasteiger partial charge is 0.330 e. The van der Waals surface area contributed by atoms with Gasteiger partial charge in [-0.25, -0.2) is 4.79 Å². The van der Waals surface area contributed by atoms with E-state index >= 15 is 0 Å². The van der Waals surface area contributed by atoms with Crippen molar-refractivity contribution in [3.05, 3.63) is 12.7 Å². The molecule has 0 aromatic carbocycles. The summed E-state index contributed by atoms with van der Waals surface area (Å²) < 4.78 is 39.7. The monoisotopic (exact) mass is 359 g/mol. The molecule has 3 fully saturated rings. The highest BCUT2D eigenvalue weighted by atomic mass is 32.2. The van der Waals surface area contributed by atoms with Crippen molar-refractivity contribution in [1.82, 2.24) is 5.32 Å². The largest absolute Gasteiger partial charge is 0.461 e. The Morgan fingerprint density at radius 1 is 1.38 bits per heavy atom. The minimum atomic E-state index is -3.52. The number of carbonyl (C=O) groups is 2. The zero-order valence-corrected chi connectivity index (χ0v) is 14.2. The molecule has 6 atom stereocenters. The van der Waals surface area contributed by atoms with Crippen molar-refractivity contribution >= 4 is 22.0 Å². The Kier molecular flexibility index (Phi) is 4.67. The summed E-state index contributed by atoms with van der Waals surface area (Å²) in [6.45, 7) is 5.21. The van der Waals surface area contributed by atoms with Crippen LogP contribution in [0.5, 0.6) is 0 Å². The third-order valence-electron chi connectivity index (χ3n) is 5.15. The summed E-state index contributed by atoms with van der Waals surface area (Å²) in [5.74, 6) is -0.849. The fraction of sp³-hybridized carbons (Fsp3) is 0.733. The number of nitrogens with one attached hydrogen (secondary N) is 1.